The van der Waals surface area contributed by atoms with Crippen LogP contribution in [0, 0.1) is 11.3 Å². The third-order valence-electron chi connectivity index (χ3n) is 3.39. The first-order chi connectivity index (χ1) is 12.0. The van der Waals surface area contributed by atoms with Gasteiger partial charge in [0.05, 0.1) is 31.5 Å². The van der Waals surface area contributed by atoms with E-state index in [4.69, 9.17) is 31.1 Å². The minimum Gasteiger partial charge on any atom is -0.495 e. The van der Waals surface area contributed by atoms with Crippen molar-refractivity contribution >= 4 is 23.2 Å². The van der Waals surface area contributed by atoms with Crippen LogP contribution in [0.25, 0.3) is 0 Å². The lowest BCUT2D eigenvalue weighted by atomic mass is 10.2. The fraction of sp³-hybridized carbons (Fsp3) is 0.222. The van der Waals surface area contributed by atoms with E-state index in [9.17, 15) is 4.79 Å². The van der Waals surface area contributed by atoms with Gasteiger partial charge in [-0.1, -0.05) is 11.6 Å². The number of halogens is 1. The lowest BCUT2D eigenvalue weighted by molar-refractivity contribution is -0.122. The number of ether oxygens (including phenoxy) is 3. The van der Waals surface area contributed by atoms with Crippen LogP contribution in [-0.2, 0) is 4.79 Å². The van der Waals surface area contributed by atoms with Crippen molar-refractivity contribution < 1.29 is 19.0 Å². The van der Waals surface area contributed by atoms with Crippen LogP contribution in [0.15, 0.2) is 36.4 Å². The van der Waals surface area contributed by atoms with Crippen molar-refractivity contribution in [1.82, 2.24) is 0 Å². The average molecular weight is 361 g/mol. The van der Waals surface area contributed by atoms with Crippen molar-refractivity contribution in [3.8, 4) is 23.3 Å². The zero-order valence-electron chi connectivity index (χ0n) is 14.0. The van der Waals surface area contributed by atoms with E-state index in [0.29, 0.717) is 33.5 Å². The first kappa shape index (κ1) is 18.4. The number of anilines is 1. The number of carbonyl (C=O) groups excluding carboxylic acids is 1. The van der Waals surface area contributed by atoms with Gasteiger partial charge in [-0.15, -0.1) is 0 Å². The fourth-order valence-electron chi connectivity index (χ4n) is 2.09. The van der Waals surface area contributed by atoms with E-state index in [-0.39, 0.29) is 5.91 Å². The molecule has 0 radical (unpaired) electrons. The van der Waals surface area contributed by atoms with Gasteiger partial charge in [-0.25, -0.2) is 0 Å². The molecule has 2 rings (SSSR count). The molecule has 130 valence electrons. The number of nitrogens with one attached hydrogen (secondary N) is 1. The van der Waals surface area contributed by atoms with E-state index in [2.05, 4.69) is 5.32 Å². The van der Waals surface area contributed by atoms with Crippen LogP contribution in [0.3, 0.4) is 0 Å². The molecule has 0 unspecified atom stereocenters. The summed E-state index contributed by atoms with van der Waals surface area (Å²) in [6.07, 6.45) is -0.814. The fourth-order valence-corrected chi connectivity index (χ4v) is 2.26. The Kier molecular flexibility index (Phi) is 6.09. The van der Waals surface area contributed by atoms with Gasteiger partial charge < -0.3 is 19.5 Å². The summed E-state index contributed by atoms with van der Waals surface area (Å²) in [6.45, 7) is 1.60. The maximum Gasteiger partial charge on any atom is 0.265 e. The summed E-state index contributed by atoms with van der Waals surface area (Å²) >= 11 is 5.95. The highest BCUT2D eigenvalue weighted by molar-refractivity contribution is 6.31. The standard InChI is InChI=1S/C18H17ClN2O4/c1-11(25-16-6-4-12(10-20)8-17(16)24-3)18(22)21-14-9-13(19)5-7-15(14)23-2/h4-9,11H,1-3H3,(H,21,22)/t11-/m1/s1. The molecule has 0 fully saturated rings. The Bertz CT molecular complexity index is 817. The number of hydrogen-bond acceptors (Lipinski definition) is 5. The number of carbonyl (C=O) groups is 1. The average Bonchev–Trinajstić information content (AvgIpc) is 2.62. The first-order valence-electron chi connectivity index (χ1n) is 7.37. The predicted molar refractivity (Wildman–Crippen MR) is 94.4 cm³/mol. The second-order valence-corrected chi connectivity index (χ2v) is 5.51. The Morgan fingerprint density at radius 2 is 1.80 bits per heavy atom. The van der Waals surface area contributed by atoms with Crippen molar-refractivity contribution in [2.75, 3.05) is 19.5 Å². The van der Waals surface area contributed by atoms with Gasteiger partial charge in [0, 0.05) is 11.1 Å². The van der Waals surface area contributed by atoms with Crippen molar-refractivity contribution in [2.24, 2.45) is 0 Å². The summed E-state index contributed by atoms with van der Waals surface area (Å²) < 4.78 is 16.0. The van der Waals surface area contributed by atoms with E-state index in [1.54, 1.807) is 43.3 Å². The van der Waals surface area contributed by atoms with Crippen molar-refractivity contribution in [1.29, 1.82) is 5.26 Å². The molecule has 1 atom stereocenters. The Labute approximate surface area is 150 Å². The summed E-state index contributed by atoms with van der Waals surface area (Å²) in [7, 11) is 2.96. The maximum atomic E-state index is 12.4. The molecule has 2 aromatic rings. The van der Waals surface area contributed by atoms with Crippen LogP contribution in [-0.4, -0.2) is 26.2 Å². The summed E-state index contributed by atoms with van der Waals surface area (Å²) in [5, 5.41) is 12.1. The minimum absolute atomic E-state index is 0.363. The Morgan fingerprint density at radius 1 is 1.12 bits per heavy atom. The number of methoxy groups -OCH3 is 2. The van der Waals surface area contributed by atoms with Gasteiger partial charge in [-0.2, -0.15) is 5.26 Å². The Balaban J connectivity index is 2.14. The molecule has 0 aromatic heterocycles. The third kappa shape index (κ3) is 4.55. The zero-order valence-corrected chi connectivity index (χ0v) is 14.8. The monoisotopic (exact) mass is 360 g/mol. The summed E-state index contributed by atoms with van der Waals surface area (Å²) in [6, 6.07) is 11.6. The molecule has 1 N–H and O–H groups in total. The van der Waals surface area contributed by atoms with Gasteiger partial charge in [0.2, 0.25) is 0 Å². The van der Waals surface area contributed by atoms with Gasteiger partial charge in [0.15, 0.2) is 17.6 Å². The van der Waals surface area contributed by atoms with Gasteiger partial charge in [-0.05, 0) is 37.3 Å². The highest BCUT2D eigenvalue weighted by atomic mass is 35.5. The second-order valence-electron chi connectivity index (χ2n) is 5.07. The number of nitrogens with zero attached hydrogens (tertiary/aromatic N) is 1. The van der Waals surface area contributed by atoms with Crippen LogP contribution in [0.4, 0.5) is 5.69 Å². The molecule has 0 aliphatic heterocycles. The molecule has 0 saturated carbocycles. The minimum atomic E-state index is -0.814. The topological polar surface area (TPSA) is 80.6 Å². The smallest absolute Gasteiger partial charge is 0.265 e. The van der Waals surface area contributed by atoms with Crippen LogP contribution >= 0.6 is 11.6 Å². The number of nitriles is 1. The quantitative estimate of drug-likeness (QED) is 0.850. The normalized spacial score (nSPS) is 11.2. The molecular weight excluding hydrogens is 344 g/mol. The van der Waals surface area contributed by atoms with Gasteiger partial charge >= 0.3 is 0 Å². The Hall–Kier alpha value is -2.91. The second kappa shape index (κ2) is 8.27. The lowest BCUT2D eigenvalue weighted by Gasteiger charge is -2.18. The summed E-state index contributed by atoms with van der Waals surface area (Å²) in [5.41, 5.74) is 0.882. The van der Waals surface area contributed by atoms with Crippen LogP contribution in [0.5, 0.6) is 17.2 Å². The summed E-state index contributed by atoms with van der Waals surface area (Å²) in [4.78, 5) is 12.4. The molecule has 0 heterocycles. The van der Waals surface area contributed by atoms with E-state index >= 15 is 0 Å². The molecule has 1 amide bonds. The number of hydrogen-bond donors (Lipinski definition) is 1. The van der Waals surface area contributed by atoms with Crippen molar-refractivity contribution in [3.63, 3.8) is 0 Å². The lowest BCUT2D eigenvalue weighted by Crippen LogP contribution is -2.30. The van der Waals surface area contributed by atoms with Gasteiger partial charge in [0.1, 0.15) is 5.75 Å². The van der Waals surface area contributed by atoms with E-state index in [1.807, 2.05) is 6.07 Å². The van der Waals surface area contributed by atoms with Crippen LogP contribution in [0.1, 0.15) is 12.5 Å². The van der Waals surface area contributed by atoms with E-state index in [0.717, 1.165) is 0 Å². The number of benzene rings is 2. The molecule has 0 saturated heterocycles. The number of rotatable bonds is 6. The molecular formula is C18H17ClN2O4. The molecule has 0 spiro atoms. The van der Waals surface area contributed by atoms with Crippen molar-refractivity contribution in [2.45, 2.75) is 13.0 Å². The van der Waals surface area contributed by atoms with Gasteiger partial charge in [0.25, 0.3) is 5.91 Å². The van der Waals surface area contributed by atoms with E-state index in [1.165, 1.54) is 14.2 Å². The summed E-state index contributed by atoms with van der Waals surface area (Å²) in [5.74, 6) is 0.842. The highest BCUT2D eigenvalue weighted by Gasteiger charge is 2.19. The zero-order chi connectivity index (χ0) is 18.4. The van der Waals surface area contributed by atoms with Crippen LogP contribution < -0.4 is 19.5 Å². The largest absolute Gasteiger partial charge is 0.495 e. The molecule has 0 aliphatic carbocycles. The van der Waals surface area contributed by atoms with Gasteiger partial charge in [-0.3, -0.25) is 4.79 Å². The predicted octanol–water partition coefficient (Wildman–Crippen LogP) is 3.63. The van der Waals surface area contributed by atoms with Crippen LogP contribution in [0.2, 0.25) is 5.02 Å². The molecule has 0 aliphatic rings. The molecule has 25 heavy (non-hydrogen) atoms. The molecule has 6 nitrogen and oxygen atoms in total. The highest BCUT2D eigenvalue weighted by Crippen LogP contribution is 2.30. The number of amides is 1. The maximum absolute atomic E-state index is 12.4. The SMILES string of the molecule is COc1ccc(Cl)cc1NC(=O)[C@@H](C)Oc1ccc(C#N)cc1OC. The van der Waals surface area contributed by atoms with Crippen molar-refractivity contribution in [3.05, 3.63) is 47.0 Å². The molecule has 2 aromatic carbocycles. The molecule has 7 heteroatoms. The Morgan fingerprint density at radius 3 is 2.44 bits per heavy atom. The third-order valence-corrected chi connectivity index (χ3v) is 3.62. The molecule has 0 bridgehead atoms. The van der Waals surface area contributed by atoms with E-state index < -0.39 is 6.10 Å². The first-order valence-corrected chi connectivity index (χ1v) is 7.75.